The smallest absolute Gasteiger partial charge is 0.295 e. The monoisotopic (exact) mass is 111 g/mol. The van der Waals surface area contributed by atoms with Crippen LogP contribution in [0.3, 0.4) is 0 Å². The van der Waals surface area contributed by atoms with Crippen molar-refractivity contribution >= 4 is 5.91 Å². The molecular formula is C6H9NO. The van der Waals surface area contributed by atoms with E-state index >= 15 is 0 Å². The number of hydrogen-bond acceptors (Lipinski definition) is 1. The normalized spacial score (nSPS) is 7.50. The number of carbonyl (C=O) groups is 1. The molecule has 2 heteroatoms. The Bertz CT molecular complexity index is 112. The van der Waals surface area contributed by atoms with Crippen molar-refractivity contribution in [3.05, 3.63) is 0 Å². The van der Waals surface area contributed by atoms with E-state index in [1.807, 2.05) is 12.8 Å². The fourth-order valence-electron chi connectivity index (χ4n) is 0.290. The minimum atomic E-state index is -0.327. The molecule has 0 bridgehead atoms. The highest BCUT2D eigenvalue weighted by Crippen LogP contribution is 1.67. The van der Waals surface area contributed by atoms with Crippen LogP contribution in [0.5, 0.6) is 0 Å². The van der Waals surface area contributed by atoms with E-state index in [0.29, 0.717) is 6.54 Å². The van der Waals surface area contributed by atoms with E-state index in [9.17, 15) is 4.79 Å². The zero-order valence-corrected chi connectivity index (χ0v) is 4.90. The molecule has 0 aromatic heterocycles. The van der Waals surface area contributed by atoms with Crippen LogP contribution in [0.15, 0.2) is 0 Å². The molecule has 0 saturated heterocycles. The van der Waals surface area contributed by atoms with Crippen molar-refractivity contribution in [3.63, 3.8) is 0 Å². The summed E-state index contributed by atoms with van der Waals surface area (Å²) >= 11 is 0. The summed E-state index contributed by atoms with van der Waals surface area (Å²) in [5.74, 6) is 1.62. The Labute approximate surface area is 49.3 Å². The molecule has 0 aromatic carbocycles. The van der Waals surface area contributed by atoms with Crippen LogP contribution in [-0.2, 0) is 4.79 Å². The van der Waals surface area contributed by atoms with Crippen molar-refractivity contribution in [2.24, 2.45) is 0 Å². The third kappa shape index (κ3) is 3.23. The molecule has 0 aliphatic carbocycles. The number of carbonyl (C=O) groups excluding carboxylic acids is 1. The fraction of sp³-hybridized carbons (Fsp3) is 0.500. The number of hydrogen-bond donors (Lipinski definition) is 1. The van der Waals surface area contributed by atoms with Crippen molar-refractivity contribution in [1.82, 2.24) is 5.32 Å². The van der Waals surface area contributed by atoms with Gasteiger partial charge in [-0.1, -0.05) is 6.92 Å². The SMILES string of the molecule is C#CC(=O)NCCC. The molecule has 0 atom stereocenters. The number of amides is 1. The van der Waals surface area contributed by atoms with Gasteiger partial charge in [0.05, 0.1) is 0 Å². The third-order valence-electron chi connectivity index (χ3n) is 0.667. The maximum Gasteiger partial charge on any atom is 0.295 e. The summed E-state index contributed by atoms with van der Waals surface area (Å²) < 4.78 is 0. The molecule has 2 nitrogen and oxygen atoms in total. The lowest BCUT2D eigenvalue weighted by atomic mass is 10.5. The van der Waals surface area contributed by atoms with Crippen LogP contribution in [-0.4, -0.2) is 12.5 Å². The predicted molar refractivity (Wildman–Crippen MR) is 32.1 cm³/mol. The van der Waals surface area contributed by atoms with Gasteiger partial charge >= 0.3 is 0 Å². The lowest BCUT2D eigenvalue weighted by molar-refractivity contribution is -0.115. The van der Waals surface area contributed by atoms with Gasteiger partial charge in [0.2, 0.25) is 0 Å². The molecule has 0 rings (SSSR count). The van der Waals surface area contributed by atoms with E-state index in [0.717, 1.165) is 6.42 Å². The van der Waals surface area contributed by atoms with E-state index in [2.05, 4.69) is 5.32 Å². The maximum atomic E-state index is 10.2. The first-order valence-electron chi connectivity index (χ1n) is 2.55. The van der Waals surface area contributed by atoms with E-state index in [4.69, 9.17) is 6.42 Å². The Morgan fingerprint density at radius 2 is 2.50 bits per heavy atom. The summed E-state index contributed by atoms with van der Waals surface area (Å²) in [4.78, 5) is 10.2. The Morgan fingerprint density at radius 1 is 1.88 bits per heavy atom. The van der Waals surface area contributed by atoms with Gasteiger partial charge in [-0.25, -0.2) is 0 Å². The Kier molecular flexibility index (Phi) is 3.69. The van der Waals surface area contributed by atoms with Gasteiger partial charge < -0.3 is 5.32 Å². The molecule has 0 spiro atoms. The largest absolute Gasteiger partial charge is 0.345 e. The van der Waals surface area contributed by atoms with Crippen molar-refractivity contribution in [1.29, 1.82) is 0 Å². The molecule has 0 heterocycles. The van der Waals surface area contributed by atoms with E-state index < -0.39 is 0 Å². The van der Waals surface area contributed by atoms with Crippen molar-refractivity contribution in [3.8, 4) is 12.3 Å². The highest BCUT2D eigenvalue weighted by atomic mass is 16.1. The standard InChI is InChI=1S/C6H9NO/c1-3-5-7-6(8)4-2/h2H,3,5H2,1H3,(H,7,8). The second kappa shape index (κ2) is 4.20. The van der Waals surface area contributed by atoms with Crippen LogP contribution >= 0.6 is 0 Å². The second-order valence-electron chi connectivity index (χ2n) is 1.40. The molecule has 0 aromatic rings. The van der Waals surface area contributed by atoms with E-state index in [1.165, 1.54) is 0 Å². The van der Waals surface area contributed by atoms with E-state index in [-0.39, 0.29) is 5.91 Å². The summed E-state index contributed by atoms with van der Waals surface area (Å²) in [6.45, 7) is 2.64. The summed E-state index contributed by atoms with van der Waals surface area (Å²) in [6, 6.07) is 0. The summed E-state index contributed by atoms with van der Waals surface area (Å²) in [5.41, 5.74) is 0. The molecular weight excluding hydrogens is 102 g/mol. The van der Waals surface area contributed by atoms with Crippen LogP contribution < -0.4 is 5.32 Å². The van der Waals surface area contributed by atoms with Crippen LogP contribution in [0, 0.1) is 12.3 Å². The molecule has 0 fully saturated rings. The molecule has 1 N–H and O–H groups in total. The van der Waals surface area contributed by atoms with Gasteiger partial charge in [-0.15, -0.1) is 6.42 Å². The summed E-state index contributed by atoms with van der Waals surface area (Å²) in [5, 5.41) is 2.51. The van der Waals surface area contributed by atoms with Crippen LogP contribution in [0.1, 0.15) is 13.3 Å². The summed E-state index contributed by atoms with van der Waals surface area (Å²) in [6.07, 6.45) is 5.67. The number of nitrogens with one attached hydrogen (secondary N) is 1. The quantitative estimate of drug-likeness (QED) is 0.505. The van der Waals surface area contributed by atoms with Gasteiger partial charge in [0.1, 0.15) is 0 Å². The first-order valence-corrected chi connectivity index (χ1v) is 2.55. The van der Waals surface area contributed by atoms with Crippen molar-refractivity contribution in [2.45, 2.75) is 13.3 Å². The fourth-order valence-corrected chi connectivity index (χ4v) is 0.290. The van der Waals surface area contributed by atoms with Gasteiger partial charge in [0.15, 0.2) is 0 Å². The lowest BCUT2D eigenvalue weighted by Crippen LogP contribution is -2.21. The Hall–Kier alpha value is -0.970. The maximum absolute atomic E-state index is 10.2. The van der Waals surface area contributed by atoms with Gasteiger partial charge in [-0.2, -0.15) is 0 Å². The Morgan fingerprint density at radius 3 is 2.88 bits per heavy atom. The second-order valence-corrected chi connectivity index (χ2v) is 1.40. The van der Waals surface area contributed by atoms with Crippen LogP contribution in [0.4, 0.5) is 0 Å². The molecule has 0 saturated carbocycles. The average molecular weight is 111 g/mol. The molecule has 0 aliphatic rings. The zero-order valence-electron chi connectivity index (χ0n) is 4.90. The number of rotatable bonds is 2. The lowest BCUT2D eigenvalue weighted by Gasteiger charge is -1.92. The topological polar surface area (TPSA) is 29.1 Å². The summed E-state index contributed by atoms with van der Waals surface area (Å²) in [7, 11) is 0. The molecule has 0 radical (unpaired) electrons. The minimum absolute atomic E-state index is 0.327. The van der Waals surface area contributed by atoms with Crippen molar-refractivity contribution < 1.29 is 4.79 Å². The van der Waals surface area contributed by atoms with Gasteiger partial charge in [-0.3, -0.25) is 4.79 Å². The molecule has 1 amide bonds. The number of terminal acetylenes is 1. The minimum Gasteiger partial charge on any atom is -0.345 e. The zero-order chi connectivity index (χ0) is 6.41. The highest BCUT2D eigenvalue weighted by Gasteiger charge is 1.87. The third-order valence-corrected chi connectivity index (χ3v) is 0.667. The van der Waals surface area contributed by atoms with E-state index in [1.54, 1.807) is 0 Å². The highest BCUT2D eigenvalue weighted by molar-refractivity contribution is 5.92. The van der Waals surface area contributed by atoms with Gasteiger partial charge in [0.25, 0.3) is 5.91 Å². The molecule has 0 unspecified atom stereocenters. The first kappa shape index (κ1) is 7.03. The average Bonchev–Trinajstić information content (AvgIpc) is 1.83. The van der Waals surface area contributed by atoms with Crippen LogP contribution in [0.2, 0.25) is 0 Å². The predicted octanol–water partition coefficient (Wildman–Crippen LogP) is 0.146. The van der Waals surface area contributed by atoms with Gasteiger partial charge in [-0.05, 0) is 12.3 Å². The molecule has 0 aliphatic heterocycles. The first-order chi connectivity index (χ1) is 3.81. The molecule has 8 heavy (non-hydrogen) atoms. The van der Waals surface area contributed by atoms with Crippen molar-refractivity contribution in [2.75, 3.05) is 6.54 Å². The Balaban J connectivity index is 3.16. The molecule has 44 valence electrons. The van der Waals surface area contributed by atoms with Gasteiger partial charge in [0, 0.05) is 6.54 Å². The van der Waals surface area contributed by atoms with Crippen LogP contribution in [0.25, 0.3) is 0 Å².